The second-order valence-electron chi connectivity index (χ2n) is 6.69. The Kier molecular flexibility index (Phi) is 4.32. The summed E-state index contributed by atoms with van der Waals surface area (Å²) in [5.74, 6) is 2.13. The lowest BCUT2D eigenvalue weighted by Gasteiger charge is -2.21. The molecule has 0 unspecified atom stereocenters. The fraction of sp³-hybridized carbons (Fsp3) is 0.350. The molecule has 5 heteroatoms. The van der Waals surface area contributed by atoms with Crippen molar-refractivity contribution in [3.8, 4) is 22.8 Å². The van der Waals surface area contributed by atoms with Crippen LogP contribution in [0, 0.1) is 5.92 Å². The van der Waals surface area contributed by atoms with Crippen molar-refractivity contribution in [2.24, 2.45) is 5.92 Å². The first-order chi connectivity index (χ1) is 12.2. The zero-order valence-corrected chi connectivity index (χ0v) is 14.6. The first-order valence-electron chi connectivity index (χ1n) is 8.78. The van der Waals surface area contributed by atoms with E-state index in [1.807, 2.05) is 30.3 Å². The third-order valence-corrected chi connectivity index (χ3v) is 4.85. The molecule has 4 rings (SSSR count). The van der Waals surface area contributed by atoms with Crippen molar-refractivity contribution in [1.29, 1.82) is 0 Å². The number of nitrogens with one attached hydrogen (secondary N) is 2. The first kappa shape index (κ1) is 16.0. The third-order valence-electron chi connectivity index (χ3n) is 4.85. The minimum atomic E-state index is 0.355. The van der Waals surface area contributed by atoms with E-state index < -0.39 is 0 Å². The standard InChI is InChI=1S/C20H23N3O2/c1-13-12-25-17-6-7-19-18(11-17)20(23-22-19)15-4-3-5-16(10-15)24-9-8-21-14(13)2/h3-7,10-11,13-14,21H,8-9,12H2,1-2H3,(H,22,23)/t13-,14-/m1/s1. The lowest BCUT2D eigenvalue weighted by molar-refractivity contribution is 0.220. The van der Waals surface area contributed by atoms with Gasteiger partial charge in [0.1, 0.15) is 23.8 Å². The van der Waals surface area contributed by atoms with E-state index in [-0.39, 0.29) is 0 Å². The maximum Gasteiger partial charge on any atom is 0.120 e. The number of fused-ring (bicyclic) bond motifs is 4. The normalized spacial score (nSPS) is 21.2. The quantitative estimate of drug-likeness (QED) is 0.658. The van der Waals surface area contributed by atoms with Crippen molar-refractivity contribution < 1.29 is 9.47 Å². The molecule has 1 aromatic heterocycles. The maximum atomic E-state index is 6.04. The highest BCUT2D eigenvalue weighted by Crippen LogP contribution is 2.31. The molecule has 2 atom stereocenters. The molecule has 0 fully saturated rings. The topological polar surface area (TPSA) is 59.2 Å². The molecular formula is C20H23N3O2. The Hall–Kier alpha value is -2.53. The van der Waals surface area contributed by atoms with E-state index in [1.54, 1.807) is 0 Å². The van der Waals surface area contributed by atoms with Crippen molar-refractivity contribution in [2.45, 2.75) is 19.9 Å². The van der Waals surface area contributed by atoms with Gasteiger partial charge in [0.2, 0.25) is 0 Å². The second kappa shape index (κ2) is 6.76. The predicted molar refractivity (Wildman–Crippen MR) is 99.1 cm³/mol. The summed E-state index contributed by atoms with van der Waals surface area (Å²) < 4.78 is 11.9. The van der Waals surface area contributed by atoms with Crippen LogP contribution in [0.2, 0.25) is 0 Å². The summed E-state index contributed by atoms with van der Waals surface area (Å²) in [5, 5.41) is 12.2. The summed E-state index contributed by atoms with van der Waals surface area (Å²) in [4.78, 5) is 0. The molecule has 1 aliphatic rings. The zero-order chi connectivity index (χ0) is 17.2. The predicted octanol–water partition coefficient (Wildman–Crippen LogP) is 3.62. The Morgan fingerprint density at radius 2 is 1.92 bits per heavy atom. The molecule has 0 saturated carbocycles. The molecule has 3 aromatic rings. The first-order valence-corrected chi connectivity index (χ1v) is 8.78. The van der Waals surface area contributed by atoms with Crippen molar-refractivity contribution >= 4 is 10.9 Å². The molecule has 0 radical (unpaired) electrons. The van der Waals surface area contributed by atoms with Crippen LogP contribution >= 0.6 is 0 Å². The fourth-order valence-electron chi connectivity index (χ4n) is 3.06. The smallest absolute Gasteiger partial charge is 0.120 e. The molecule has 0 amide bonds. The summed E-state index contributed by atoms with van der Waals surface area (Å²) in [5.41, 5.74) is 2.95. The van der Waals surface area contributed by atoms with Gasteiger partial charge in [-0.2, -0.15) is 5.10 Å². The Balaban J connectivity index is 1.76. The van der Waals surface area contributed by atoms with Crippen molar-refractivity contribution in [3.05, 3.63) is 42.5 Å². The highest BCUT2D eigenvalue weighted by molar-refractivity contribution is 5.93. The van der Waals surface area contributed by atoms with Crippen molar-refractivity contribution in [1.82, 2.24) is 15.5 Å². The van der Waals surface area contributed by atoms with Crippen molar-refractivity contribution in [3.63, 3.8) is 0 Å². The van der Waals surface area contributed by atoms with Gasteiger partial charge >= 0.3 is 0 Å². The van der Waals surface area contributed by atoms with Crippen LogP contribution in [0.5, 0.6) is 11.5 Å². The molecule has 0 aliphatic carbocycles. The molecule has 5 nitrogen and oxygen atoms in total. The van der Waals surface area contributed by atoms with Crippen LogP contribution in [0.3, 0.4) is 0 Å². The monoisotopic (exact) mass is 337 g/mol. The molecule has 4 bridgehead atoms. The van der Waals surface area contributed by atoms with E-state index >= 15 is 0 Å². The highest BCUT2D eigenvalue weighted by Gasteiger charge is 2.15. The number of benzene rings is 2. The second-order valence-corrected chi connectivity index (χ2v) is 6.69. The minimum absolute atomic E-state index is 0.355. The van der Waals surface area contributed by atoms with Gasteiger partial charge in [0, 0.05) is 29.5 Å². The summed E-state index contributed by atoms with van der Waals surface area (Å²) in [6.45, 7) is 6.48. The SMILES string of the molecule is C[C@@H]1COc2ccc3[nH]nc(c3c2)-c2cccc(c2)OCCN[C@@H]1C. The van der Waals surface area contributed by atoms with E-state index in [4.69, 9.17) is 9.47 Å². The number of hydrogen-bond acceptors (Lipinski definition) is 4. The van der Waals surface area contributed by atoms with Gasteiger partial charge in [-0.25, -0.2) is 0 Å². The number of hydrogen-bond donors (Lipinski definition) is 2. The summed E-state index contributed by atoms with van der Waals surface area (Å²) in [6.07, 6.45) is 0. The van der Waals surface area contributed by atoms with Gasteiger partial charge in [-0.1, -0.05) is 19.1 Å². The third kappa shape index (κ3) is 3.33. The molecular weight excluding hydrogens is 314 g/mol. The van der Waals surface area contributed by atoms with Gasteiger partial charge in [-0.15, -0.1) is 0 Å². The molecule has 1 aliphatic heterocycles. The van der Waals surface area contributed by atoms with Crippen LogP contribution < -0.4 is 14.8 Å². The van der Waals surface area contributed by atoms with Crippen LogP contribution in [0.1, 0.15) is 13.8 Å². The molecule has 2 heterocycles. The average Bonchev–Trinajstić information content (AvgIpc) is 3.06. The van der Waals surface area contributed by atoms with E-state index in [1.165, 1.54) is 0 Å². The number of rotatable bonds is 0. The number of nitrogens with zero attached hydrogens (tertiary/aromatic N) is 1. The number of aromatic nitrogens is 2. The van der Waals surface area contributed by atoms with E-state index in [2.05, 4.69) is 41.5 Å². The Bertz CT molecular complexity index is 874. The van der Waals surface area contributed by atoms with Gasteiger partial charge in [0.25, 0.3) is 0 Å². The molecule has 0 spiro atoms. The Morgan fingerprint density at radius 3 is 2.84 bits per heavy atom. The van der Waals surface area contributed by atoms with Crippen LogP contribution in [-0.4, -0.2) is 36.0 Å². The van der Waals surface area contributed by atoms with E-state index in [0.29, 0.717) is 25.2 Å². The van der Waals surface area contributed by atoms with Crippen LogP contribution in [-0.2, 0) is 0 Å². The van der Waals surface area contributed by atoms with Gasteiger partial charge in [0.15, 0.2) is 0 Å². The van der Waals surface area contributed by atoms with Gasteiger partial charge in [-0.05, 0) is 37.3 Å². The van der Waals surface area contributed by atoms with Gasteiger partial charge in [0.05, 0.1) is 12.1 Å². The number of H-pyrrole nitrogens is 1. The molecule has 2 aromatic carbocycles. The average molecular weight is 337 g/mol. The Labute approximate surface area is 147 Å². The highest BCUT2D eigenvalue weighted by atomic mass is 16.5. The summed E-state index contributed by atoms with van der Waals surface area (Å²) in [7, 11) is 0. The molecule has 25 heavy (non-hydrogen) atoms. The van der Waals surface area contributed by atoms with Gasteiger partial charge < -0.3 is 14.8 Å². The molecule has 2 N–H and O–H groups in total. The largest absolute Gasteiger partial charge is 0.493 e. The van der Waals surface area contributed by atoms with E-state index in [0.717, 1.165) is 40.2 Å². The van der Waals surface area contributed by atoms with Crippen LogP contribution in [0.4, 0.5) is 0 Å². The fourth-order valence-corrected chi connectivity index (χ4v) is 3.06. The number of ether oxygens (including phenoxy) is 2. The van der Waals surface area contributed by atoms with Crippen molar-refractivity contribution in [2.75, 3.05) is 19.8 Å². The zero-order valence-electron chi connectivity index (χ0n) is 14.6. The lowest BCUT2D eigenvalue weighted by Crippen LogP contribution is -2.37. The molecule has 0 saturated heterocycles. The minimum Gasteiger partial charge on any atom is -0.493 e. The van der Waals surface area contributed by atoms with Gasteiger partial charge in [-0.3, -0.25) is 5.10 Å². The summed E-state index contributed by atoms with van der Waals surface area (Å²) in [6, 6.07) is 14.5. The van der Waals surface area contributed by atoms with Crippen LogP contribution in [0.15, 0.2) is 42.5 Å². The summed E-state index contributed by atoms with van der Waals surface area (Å²) >= 11 is 0. The number of aromatic amines is 1. The Morgan fingerprint density at radius 1 is 1.04 bits per heavy atom. The lowest BCUT2D eigenvalue weighted by atomic mass is 10.1. The maximum absolute atomic E-state index is 6.04. The van der Waals surface area contributed by atoms with E-state index in [9.17, 15) is 0 Å². The van der Waals surface area contributed by atoms with Crippen LogP contribution in [0.25, 0.3) is 22.2 Å². The molecule has 130 valence electrons.